The fourth-order valence-electron chi connectivity index (χ4n) is 2.68. The summed E-state index contributed by atoms with van der Waals surface area (Å²) in [5, 5.41) is 2.52. The monoisotopic (exact) mass is 394 g/mol. The number of hydrogen-bond acceptors (Lipinski definition) is 4. The van der Waals surface area contributed by atoms with Crippen LogP contribution in [0.4, 0.5) is 10.1 Å². The molecule has 0 spiro atoms. The SMILES string of the molecule is O=C(CSc1ccc(S(=O)(=O)N2CCCC2)cc1)Nc1ccccc1F. The second kappa shape index (κ2) is 8.20. The summed E-state index contributed by atoms with van der Waals surface area (Å²) < 4.78 is 39.9. The van der Waals surface area contributed by atoms with Crippen molar-refractivity contribution in [2.24, 2.45) is 0 Å². The normalized spacial score (nSPS) is 15.1. The van der Waals surface area contributed by atoms with Gasteiger partial charge in [0.25, 0.3) is 0 Å². The minimum Gasteiger partial charge on any atom is -0.323 e. The molecule has 1 fully saturated rings. The molecule has 3 rings (SSSR count). The maximum absolute atomic E-state index is 13.5. The second-order valence-electron chi connectivity index (χ2n) is 5.90. The lowest BCUT2D eigenvalue weighted by molar-refractivity contribution is -0.113. The third-order valence-corrected chi connectivity index (χ3v) is 6.97. The summed E-state index contributed by atoms with van der Waals surface area (Å²) in [5.74, 6) is -0.705. The van der Waals surface area contributed by atoms with Crippen molar-refractivity contribution in [3.8, 4) is 0 Å². The summed E-state index contributed by atoms with van der Waals surface area (Å²) in [6, 6.07) is 12.5. The van der Waals surface area contributed by atoms with Gasteiger partial charge in [0.2, 0.25) is 15.9 Å². The van der Waals surface area contributed by atoms with Gasteiger partial charge in [0.1, 0.15) is 5.82 Å². The van der Waals surface area contributed by atoms with Crippen LogP contribution in [0.5, 0.6) is 0 Å². The van der Waals surface area contributed by atoms with Gasteiger partial charge >= 0.3 is 0 Å². The first kappa shape index (κ1) is 18.9. The van der Waals surface area contributed by atoms with Gasteiger partial charge in [0.15, 0.2) is 0 Å². The molecule has 0 atom stereocenters. The Balaban J connectivity index is 1.57. The van der Waals surface area contributed by atoms with E-state index in [9.17, 15) is 17.6 Å². The maximum atomic E-state index is 13.5. The van der Waals surface area contributed by atoms with Crippen LogP contribution >= 0.6 is 11.8 Å². The minimum atomic E-state index is -3.43. The number of benzene rings is 2. The molecule has 5 nitrogen and oxygen atoms in total. The highest BCUT2D eigenvalue weighted by atomic mass is 32.2. The minimum absolute atomic E-state index is 0.104. The van der Waals surface area contributed by atoms with Crippen LogP contribution in [0.1, 0.15) is 12.8 Å². The summed E-state index contributed by atoms with van der Waals surface area (Å²) in [7, 11) is -3.43. The molecule has 0 saturated carbocycles. The van der Waals surface area contributed by atoms with E-state index in [1.807, 2.05) is 0 Å². The van der Waals surface area contributed by atoms with Crippen molar-refractivity contribution in [2.75, 3.05) is 24.2 Å². The Morgan fingerprint density at radius 2 is 1.73 bits per heavy atom. The molecule has 0 aliphatic carbocycles. The number of thioether (sulfide) groups is 1. The second-order valence-corrected chi connectivity index (χ2v) is 8.89. The zero-order chi connectivity index (χ0) is 18.6. The van der Waals surface area contributed by atoms with E-state index in [1.54, 1.807) is 36.4 Å². The number of halogens is 1. The van der Waals surface area contributed by atoms with Gasteiger partial charge in [0, 0.05) is 18.0 Å². The zero-order valence-corrected chi connectivity index (χ0v) is 15.7. The van der Waals surface area contributed by atoms with Gasteiger partial charge in [-0.3, -0.25) is 4.79 Å². The Kier molecular flexibility index (Phi) is 5.95. The van der Waals surface area contributed by atoms with Crippen molar-refractivity contribution >= 4 is 33.4 Å². The summed E-state index contributed by atoms with van der Waals surface area (Å²) in [4.78, 5) is 13.0. The summed E-state index contributed by atoms with van der Waals surface area (Å²) in [5.41, 5.74) is 0.144. The van der Waals surface area contributed by atoms with Crippen LogP contribution < -0.4 is 5.32 Å². The number of anilines is 1. The molecule has 1 heterocycles. The smallest absolute Gasteiger partial charge is 0.243 e. The molecule has 138 valence electrons. The molecule has 26 heavy (non-hydrogen) atoms. The highest BCUT2D eigenvalue weighted by Gasteiger charge is 2.26. The number of nitrogens with one attached hydrogen (secondary N) is 1. The Hall–Kier alpha value is -1.90. The molecule has 1 saturated heterocycles. The topological polar surface area (TPSA) is 66.5 Å². The first-order valence-corrected chi connectivity index (χ1v) is 10.7. The average molecular weight is 394 g/mol. The molecular weight excluding hydrogens is 375 g/mol. The van der Waals surface area contributed by atoms with Crippen LogP contribution in [0.3, 0.4) is 0 Å². The van der Waals surface area contributed by atoms with Gasteiger partial charge in [-0.2, -0.15) is 4.31 Å². The fourth-order valence-corrected chi connectivity index (χ4v) is 4.90. The van der Waals surface area contributed by atoms with Gasteiger partial charge in [-0.25, -0.2) is 12.8 Å². The van der Waals surface area contributed by atoms with E-state index in [1.165, 1.54) is 28.2 Å². The van der Waals surface area contributed by atoms with E-state index in [4.69, 9.17) is 0 Å². The van der Waals surface area contributed by atoms with Crippen molar-refractivity contribution in [1.29, 1.82) is 0 Å². The Labute approximate surface area is 156 Å². The van der Waals surface area contributed by atoms with Crippen molar-refractivity contribution in [3.63, 3.8) is 0 Å². The largest absolute Gasteiger partial charge is 0.323 e. The number of carbonyl (C=O) groups excluding carboxylic acids is 1. The quantitative estimate of drug-likeness (QED) is 0.763. The lowest BCUT2D eigenvalue weighted by atomic mass is 10.3. The molecule has 2 aromatic rings. The Bertz CT molecular complexity index is 880. The van der Waals surface area contributed by atoms with Gasteiger partial charge < -0.3 is 5.32 Å². The number of sulfonamides is 1. The van der Waals surface area contributed by atoms with Crippen molar-refractivity contribution in [1.82, 2.24) is 4.31 Å². The van der Waals surface area contributed by atoms with Crippen LogP contribution in [-0.4, -0.2) is 37.5 Å². The molecule has 8 heteroatoms. The molecular formula is C18H19FN2O3S2. The van der Waals surface area contributed by atoms with E-state index in [-0.39, 0.29) is 22.2 Å². The van der Waals surface area contributed by atoms with Crippen LogP contribution in [0, 0.1) is 5.82 Å². The predicted octanol–water partition coefficient (Wildman–Crippen LogP) is 3.34. The van der Waals surface area contributed by atoms with Gasteiger partial charge in [-0.1, -0.05) is 12.1 Å². The van der Waals surface area contributed by atoms with E-state index < -0.39 is 15.8 Å². The number of nitrogens with zero attached hydrogens (tertiary/aromatic N) is 1. The molecule has 1 amide bonds. The number of para-hydroxylation sites is 1. The number of hydrogen-bond donors (Lipinski definition) is 1. The van der Waals surface area contributed by atoms with Gasteiger partial charge in [-0.15, -0.1) is 11.8 Å². The first-order chi connectivity index (χ1) is 12.5. The first-order valence-electron chi connectivity index (χ1n) is 8.24. The molecule has 0 bridgehead atoms. The highest BCUT2D eigenvalue weighted by molar-refractivity contribution is 8.00. The van der Waals surface area contributed by atoms with Crippen LogP contribution in [-0.2, 0) is 14.8 Å². The van der Waals surface area contributed by atoms with Crippen molar-refractivity contribution < 1.29 is 17.6 Å². The molecule has 1 aliphatic rings. The lowest BCUT2D eigenvalue weighted by Crippen LogP contribution is -2.27. The molecule has 0 radical (unpaired) electrons. The number of amides is 1. The molecule has 2 aromatic carbocycles. The van der Waals surface area contributed by atoms with E-state index >= 15 is 0 Å². The standard InChI is InChI=1S/C18H19FN2O3S2/c19-16-5-1-2-6-17(16)20-18(22)13-25-14-7-9-15(10-8-14)26(23,24)21-11-3-4-12-21/h1-2,5-10H,3-4,11-13H2,(H,20,22). The zero-order valence-electron chi connectivity index (χ0n) is 14.0. The molecule has 0 aromatic heterocycles. The van der Waals surface area contributed by atoms with E-state index in [0.29, 0.717) is 13.1 Å². The highest BCUT2D eigenvalue weighted by Crippen LogP contribution is 2.24. The maximum Gasteiger partial charge on any atom is 0.243 e. The van der Waals surface area contributed by atoms with Crippen molar-refractivity contribution in [3.05, 3.63) is 54.3 Å². The molecule has 1 N–H and O–H groups in total. The van der Waals surface area contributed by atoms with Gasteiger partial charge in [0.05, 0.1) is 16.3 Å². The van der Waals surface area contributed by atoms with Crippen LogP contribution in [0.2, 0.25) is 0 Å². The van der Waals surface area contributed by atoms with Crippen molar-refractivity contribution in [2.45, 2.75) is 22.6 Å². The number of rotatable bonds is 6. The summed E-state index contributed by atoms with van der Waals surface area (Å²) in [6.45, 7) is 1.13. The van der Waals surface area contributed by atoms with Crippen LogP contribution in [0.15, 0.2) is 58.3 Å². The van der Waals surface area contributed by atoms with E-state index in [2.05, 4.69) is 5.32 Å². The average Bonchev–Trinajstić information content (AvgIpc) is 3.18. The fraction of sp³-hybridized carbons (Fsp3) is 0.278. The predicted molar refractivity (Wildman–Crippen MR) is 100 cm³/mol. The lowest BCUT2D eigenvalue weighted by Gasteiger charge is -2.15. The van der Waals surface area contributed by atoms with Gasteiger partial charge in [-0.05, 0) is 49.2 Å². The number of carbonyl (C=O) groups is 1. The Morgan fingerprint density at radius 3 is 2.38 bits per heavy atom. The molecule has 1 aliphatic heterocycles. The van der Waals surface area contributed by atoms with Crippen LogP contribution in [0.25, 0.3) is 0 Å². The third-order valence-electron chi connectivity index (χ3n) is 4.04. The Morgan fingerprint density at radius 1 is 1.08 bits per heavy atom. The summed E-state index contributed by atoms with van der Waals surface area (Å²) in [6.07, 6.45) is 1.79. The van der Waals surface area contributed by atoms with E-state index in [0.717, 1.165) is 17.7 Å². The molecule has 0 unspecified atom stereocenters. The third kappa shape index (κ3) is 4.44. The summed E-state index contributed by atoms with van der Waals surface area (Å²) >= 11 is 1.26.